The Bertz CT molecular complexity index is 1250. The van der Waals surface area contributed by atoms with Crippen LogP contribution in [-0.4, -0.2) is 51.4 Å². The fraction of sp³-hybridized carbons (Fsp3) is 0.677. The Balaban J connectivity index is 1.29. The number of hydrogen-bond acceptors (Lipinski definition) is 6. The number of hydrogen-bond donors (Lipinski definition) is 2. The summed E-state index contributed by atoms with van der Waals surface area (Å²) in [6.07, 6.45) is 9.03. The number of alkyl carbamates (subject to hydrolysis) is 1. The van der Waals surface area contributed by atoms with E-state index in [0.717, 1.165) is 75.9 Å². The highest BCUT2D eigenvalue weighted by atomic mass is 16.6. The minimum Gasteiger partial charge on any atom is -0.444 e. The lowest BCUT2D eigenvalue weighted by molar-refractivity contribution is -0.00874. The standard InChI is InChI=1S/C31H48N6O2/c1-21(2)24-19-36(26-18-22(3)33-27-23(26)8-16-35(27)7)17-9-25(24)37(32)20-30-10-13-31(14-11-30,15-12-30)34-28(38)39-29(4,5)6/h8,16,18,21H,9-15,17,19-20,32H2,1-7H3,(H,34,38). The molecule has 0 spiro atoms. The number of ether oxygens (including phenoxy) is 1. The van der Waals surface area contributed by atoms with Gasteiger partial charge in [0, 0.05) is 67.3 Å². The van der Waals surface area contributed by atoms with Crippen molar-refractivity contribution < 1.29 is 9.53 Å². The van der Waals surface area contributed by atoms with E-state index in [2.05, 4.69) is 65.9 Å². The van der Waals surface area contributed by atoms with Crippen LogP contribution in [0.25, 0.3) is 11.0 Å². The van der Waals surface area contributed by atoms with Crippen molar-refractivity contribution in [2.24, 2.45) is 24.2 Å². The maximum Gasteiger partial charge on any atom is 0.408 e. The van der Waals surface area contributed by atoms with Crippen molar-refractivity contribution in [3.63, 3.8) is 0 Å². The fourth-order valence-electron chi connectivity index (χ4n) is 7.09. The zero-order chi connectivity index (χ0) is 28.2. The summed E-state index contributed by atoms with van der Waals surface area (Å²) in [6.45, 7) is 15.1. The van der Waals surface area contributed by atoms with E-state index in [9.17, 15) is 4.79 Å². The van der Waals surface area contributed by atoms with Crippen LogP contribution in [0.15, 0.2) is 29.6 Å². The first-order valence-electron chi connectivity index (χ1n) is 14.7. The maximum absolute atomic E-state index is 12.5. The molecule has 4 aliphatic rings. The van der Waals surface area contributed by atoms with E-state index >= 15 is 0 Å². The topological polar surface area (TPSA) is 88.6 Å². The van der Waals surface area contributed by atoms with Crippen molar-refractivity contribution in [2.45, 2.75) is 97.6 Å². The van der Waals surface area contributed by atoms with Crippen LogP contribution in [0.3, 0.4) is 0 Å². The third-order valence-electron chi connectivity index (χ3n) is 9.35. The molecule has 0 unspecified atom stereocenters. The van der Waals surface area contributed by atoms with Crippen molar-refractivity contribution >= 4 is 22.8 Å². The van der Waals surface area contributed by atoms with Gasteiger partial charge in [0.2, 0.25) is 0 Å². The van der Waals surface area contributed by atoms with Crippen LogP contribution < -0.4 is 16.1 Å². The first kappa shape index (κ1) is 27.8. The number of hydrazine groups is 1. The number of amides is 1. The molecule has 2 aromatic heterocycles. The molecule has 8 nitrogen and oxygen atoms in total. The van der Waals surface area contributed by atoms with Gasteiger partial charge in [0.05, 0.1) is 0 Å². The molecule has 2 bridgehead atoms. The monoisotopic (exact) mass is 536 g/mol. The number of aromatic nitrogens is 2. The zero-order valence-corrected chi connectivity index (χ0v) is 25.1. The van der Waals surface area contributed by atoms with E-state index in [1.54, 1.807) is 0 Å². The SMILES string of the molecule is Cc1cc(N2CCC(N(N)CC34CCC(NC(=O)OC(C)(C)C)(CC3)CC4)=C(C(C)C)C2)c2ccn(C)c2n1. The first-order chi connectivity index (χ1) is 18.3. The molecule has 3 fully saturated rings. The number of carbonyl (C=O) groups is 1. The minimum atomic E-state index is -0.478. The number of fused-ring (bicyclic) bond motifs is 4. The lowest BCUT2D eigenvalue weighted by atomic mass is 9.57. The molecule has 214 valence electrons. The number of nitrogens with zero attached hydrogens (tertiary/aromatic N) is 4. The summed E-state index contributed by atoms with van der Waals surface area (Å²) in [7, 11) is 2.06. The molecule has 0 atom stereocenters. The van der Waals surface area contributed by atoms with Crippen LogP contribution in [0.2, 0.25) is 0 Å². The molecule has 3 aliphatic carbocycles. The van der Waals surface area contributed by atoms with Crippen molar-refractivity contribution in [3.8, 4) is 0 Å². The van der Waals surface area contributed by atoms with Gasteiger partial charge in [0.25, 0.3) is 0 Å². The summed E-state index contributed by atoms with van der Waals surface area (Å²) in [4.78, 5) is 19.8. The molecule has 1 amide bonds. The van der Waals surface area contributed by atoms with E-state index < -0.39 is 5.60 Å². The Labute approximate surface area is 233 Å². The van der Waals surface area contributed by atoms with Gasteiger partial charge in [-0.25, -0.2) is 15.6 Å². The van der Waals surface area contributed by atoms with Crippen LogP contribution in [0.1, 0.15) is 85.3 Å². The Morgan fingerprint density at radius 3 is 2.49 bits per heavy atom. The average molecular weight is 537 g/mol. The lowest BCUT2D eigenvalue weighted by Gasteiger charge is -2.54. The Hall–Kier alpha value is -2.74. The van der Waals surface area contributed by atoms with Crippen molar-refractivity contribution in [1.82, 2.24) is 19.9 Å². The van der Waals surface area contributed by atoms with Crippen molar-refractivity contribution in [1.29, 1.82) is 0 Å². The van der Waals surface area contributed by atoms with Crippen LogP contribution in [-0.2, 0) is 11.8 Å². The third kappa shape index (κ3) is 5.63. The summed E-state index contributed by atoms with van der Waals surface area (Å²) in [5.41, 5.74) is 5.73. The number of rotatable bonds is 6. The zero-order valence-electron chi connectivity index (χ0n) is 25.1. The van der Waals surface area contributed by atoms with Gasteiger partial charge in [-0.2, -0.15) is 0 Å². The molecule has 1 aliphatic heterocycles. The molecule has 0 aromatic carbocycles. The fourth-order valence-corrected chi connectivity index (χ4v) is 7.09. The molecular weight excluding hydrogens is 488 g/mol. The maximum atomic E-state index is 12.5. The van der Waals surface area contributed by atoms with Gasteiger partial charge in [0.1, 0.15) is 11.2 Å². The number of anilines is 1. The highest BCUT2D eigenvalue weighted by Gasteiger charge is 2.50. The predicted molar refractivity (Wildman–Crippen MR) is 157 cm³/mol. The molecule has 2 aromatic rings. The smallest absolute Gasteiger partial charge is 0.408 e. The van der Waals surface area contributed by atoms with E-state index in [1.807, 2.05) is 20.8 Å². The first-order valence-corrected chi connectivity index (χ1v) is 14.7. The normalized spacial score (nSPS) is 25.5. The van der Waals surface area contributed by atoms with Crippen LogP contribution in [0.5, 0.6) is 0 Å². The number of nitrogens with one attached hydrogen (secondary N) is 1. The van der Waals surface area contributed by atoms with Crippen molar-refractivity contribution in [3.05, 3.63) is 35.3 Å². The Morgan fingerprint density at radius 1 is 1.21 bits per heavy atom. The summed E-state index contributed by atoms with van der Waals surface area (Å²) < 4.78 is 7.67. The molecule has 8 heteroatoms. The van der Waals surface area contributed by atoms with E-state index in [1.165, 1.54) is 22.3 Å². The van der Waals surface area contributed by atoms with E-state index in [-0.39, 0.29) is 17.0 Å². The second-order valence-electron chi connectivity index (χ2n) is 13.8. The molecule has 3 saturated carbocycles. The molecule has 0 radical (unpaired) electrons. The van der Waals surface area contributed by atoms with Gasteiger partial charge in [-0.3, -0.25) is 0 Å². The van der Waals surface area contributed by atoms with E-state index in [4.69, 9.17) is 15.6 Å². The van der Waals surface area contributed by atoms with Crippen LogP contribution in [0.4, 0.5) is 10.5 Å². The van der Waals surface area contributed by atoms with Gasteiger partial charge < -0.3 is 24.5 Å². The van der Waals surface area contributed by atoms with Gasteiger partial charge >= 0.3 is 6.09 Å². The lowest BCUT2D eigenvalue weighted by Crippen LogP contribution is -2.59. The second kappa shape index (κ2) is 10.0. The van der Waals surface area contributed by atoms with Crippen LogP contribution >= 0.6 is 0 Å². The van der Waals surface area contributed by atoms with E-state index in [0.29, 0.717) is 5.92 Å². The minimum absolute atomic E-state index is 0.122. The molecule has 0 saturated heterocycles. The average Bonchev–Trinajstić information content (AvgIpc) is 3.23. The molecule has 3 N–H and O–H groups in total. The Kier molecular flexibility index (Phi) is 7.15. The van der Waals surface area contributed by atoms with Gasteiger partial charge in [-0.15, -0.1) is 0 Å². The molecule has 39 heavy (non-hydrogen) atoms. The summed E-state index contributed by atoms with van der Waals surface area (Å²) in [5.74, 6) is 7.34. The van der Waals surface area contributed by atoms with Crippen molar-refractivity contribution in [2.75, 3.05) is 24.5 Å². The number of pyridine rings is 1. The third-order valence-corrected chi connectivity index (χ3v) is 9.35. The number of aryl methyl sites for hydroxylation is 2. The van der Waals surface area contributed by atoms with Crippen LogP contribution in [0, 0.1) is 18.3 Å². The number of nitrogens with two attached hydrogens (primary N) is 1. The number of carbonyl (C=O) groups excluding carboxylic acids is 1. The molecule has 3 heterocycles. The Morgan fingerprint density at radius 2 is 1.87 bits per heavy atom. The largest absolute Gasteiger partial charge is 0.444 e. The highest BCUT2D eigenvalue weighted by Crippen LogP contribution is 2.53. The summed E-state index contributed by atoms with van der Waals surface area (Å²) in [5, 5.41) is 6.56. The second-order valence-corrected chi connectivity index (χ2v) is 13.8. The molecule has 6 rings (SSSR count). The van der Waals surface area contributed by atoms with Gasteiger partial charge in [-0.1, -0.05) is 13.8 Å². The van der Waals surface area contributed by atoms with Gasteiger partial charge in [0.15, 0.2) is 0 Å². The molecular formula is C31H48N6O2. The van der Waals surface area contributed by atoms with Gasteiger partial charge in [-0.05, 0) is 95.3 Å². The highest BCUT2D eigenvalue weighted by molar-refractivity contribution is 5.91. The quantitative estimate of drug-likeness (QED) is 0.359. The summed E-state index contributed by atoms with van der Waals surface area (Å²) in [6, 6.07) is 4.41. The summed E-state index contributed by atoms with van der Waals surface area (Å²) >= 11 is 0. The predicted octanol–water partition coefficient (Wildman–Crippen LogP) is 5.80.